The molecule has 1 saturated carbocycles. The van der Waals surface area contributed by atoms with Gasteiger partial charge >= 0.3 is 6.18 Å². The number of halogens is 5. The molecule has 26 heavy (non-hydrogen) atoms. The lowest BCUT2D eigenvalue weighted by Gasteiger charge is -2.43. The van der Waals surface area contributed by atoms with Crippen molar-refractivity contribution in [3.8, 4) is 11.5 Å². The molecule has 0 amide bonds. The van der Waals surface area contributed by atoms with Crippen molar-refractivity contribution in [1.29, 1.82) is 0 Å². The van der Waals surface area contributed by atoms with E-state index in [0.29, 0.717) is 0 Å². The molecule has 7 heteroatoms. The molecule has 0 spiro atoms. The number of rotatable bonds is 2. The molecule has 0 heterocycles. The molecular formula is C19H17F5O2. The summed E-state index contributed by atoms with van der Waals surface area (Å²) in [5.41, 5.74) is -1.70. The first kappa shape index (κ1) is 18.5. The van der Waals surface area contributed by atoms with Crippen LogP contribution in [0.4, 0.5) is 22.0 Å². The van der Waals surface area contributed by atoms with Crippen molar-refractivity contribution >= 4 is 0 Å². The van der Waals surface area contributed by atoms with Gasteiger partial charge in [0.1, 0.15) is 23.1 Å². The van der Waals surface area contributed by atoms with E-state index in [9.17, 15) is 32.2 Å². The highest BCUT2D eigenvalue weighted by molar-refractivity contribution is 5.52. The molecule has 2 nitrogen and oxygen atoms in total. The minimum absolute atomic E-state index is 0.0765. The number of phenols is 2. The smallest absolute Gasteiger partial charge is 0.391 e. The maximum absolute atomic E-state index is 13.8. The average Bonchev–Trinajstić information content (AvgIpc) is 2.58. The number of benzene rings is 2. The van der Waals surface area contributed by atoms with Crippen molar-refractivity contribution in [2.24, 2.45) is 5.92 Å². The second kappa shape index (κ2) is 6.45. The zero-order chi connectivity index (χ0) is 19.1. The van der Waals surface area contributed by atoms with Gasteiger partial charge in [-0.2, -0.15) is 13.2 Å². The summed E-state index contributed by atoms with van der Waals surface area (Å²) < 4.78 is 67.9. The average molecular weight is 372 g/mol. The van der Waals surface area contributed by atoms with Gasteiger partial charge in [-0.25, -0.2) is 8.78 Å². The van der Waals surface area contributed by atoms with Gasteiger partial charge in [0.15, 0.2) is 0 Å². The number of aromatic hydroxyl groups is 2. The quantitative estimate of drug-likeness (QED) is 0.692. The van der Waals surface area contributed by atoms with Crippen molar-refractivity contribution in [3.63, 3.8) is 0 Å². The van der Waals surface area contributed by atoms with Crippen molar-refractivity contribution in [2.75, 3.05) is 0 Å². The van der Waals surface area contributed by atoms with Gasteiger partial charge in [0, 0.05) is 16.5 Å². The normalized spacial score (nSPS) is 20.1. The Hall–Kier alpha value is -2.31. The van der Waals surface area contributed by atoms with Crippen LogP contribution in [0.25, 0.3) is 0 Å². The van der Waals surface area contributed by atoms with Gasteiger partial charge in [-0.1, -0.05) is 6.42 Å². The fraction of sp³-hybridized carbons (Fsp3) is 0.368. The van der Waals surface area contributed by atoms with Crippen LogP contribution < -0.4 is 0 Å². The predicted molar refractivity (Wildman–Crippen MR) is 84.9 cm³/mol. The first-order valence-electron chi connectivity index (χ1n) is 8.18. The lowest BCUT2D eigenvalue weighted by Crippen LogP contribution is -2.39. The Balaban J connectivity index is 2.25. The Morgan fingerprint density at radius 2 is 1.38 bits per heavy atom. The monoisotopic (exact) mass is 372 g/mol. The van der Waals surface area contributed by atoms with Crippen LogP contribution in [-0.4, -0.2) is 16.4 Å². The van der Waals surface area contributed by atoms with Gasteiger partial charge in [-0.05, 0) is 55.7 Å². The molecule has 0 radical (unpaired) electrons. The Bertz CT molecular complexity index is 765. The van der Waals surface area contributed by atoms with E-state index in [-0.39, 0.29) is 30.4 Å². The first-order chi connectivity index (χ1) is 12.1. The van der Waals surface area contributed by atoms with Crippen LogP contribution in [0.5, 0.6) is 11.5 Å². The molecule has 1 aliphatic carbocycles. The topological polar surface area (TPSA) is 40.5 Å². The van der Waals surface area contributed by atoms with E-state index >= 15 is 0 Å². The van der Waals surface area contributed by atoms with Gasteiger partial charge in [0.25, 0.3) is 0 Å². The van der Waals surface area contributed by atoms with Crippen LogP contribution in [0.3, 0.4) is 0 Å². The van der Waals surface area contributed by atoms with E-state index in [0.717, 1.165) is 36.4 Å². The number of hydrogen-bond acceptors (Lipinski definition) is 2. The summed E-state index contributed by atoms with van der Waals surface area (Å²) in [6.45, 7) is 0. The molecule has 1 fully saturated rings. The lowest BCUT2D eigenvalue weighted by molar-refractivity contribution is -0.186. The van der Waals surface area contributed by atoms with Crippen molar-refractivity contribution < 1.29 is 32.2 Å². The molecule has 3 rings (SSSR count). The molecule has 1 unspecified atom stereocenters. The highest BCUT2D eigenvalue weighted by Gasteiger charge is 2.50. The minimum Gasteiger partial charge on any atom is -0.508 e. The van der Waals surface area contributed by atoms with Gasteiger partial charge in [0.2, 0.25) is 0 Å². The van der Waals surface area contributed by atoms with Crippen LogP contribution in [0, 0.1) is 17.6 Å². The van der Waals surface area contributed by atoms with Gasteiger partial charge in [0.05, 0.1) is 5.92 Å². The Morgan fingerprint density at radius 1 is 0.885 bits per heavy atom. The van der Waals surface area contributed by atoms with Crippen molar-refractivity contribution in [2.45, 2.75) is 37.3 Å². The maximum Gasteiger partial charge on any atom is 0.391 e. The lowest BCUT2D eigenvalue weighted by atomic mass is 9.61. The molecule has 0 bridgehead atoms. The summed E-state index contributed by atoms with van der Waals surface area (Å²) in [5.74, 6) is -3.96. The fourth-order valence-electron chi connectivity index (χ4n) is 3.97. The molecule has 140 valence electrons. The Labute approximate surface area is 146 Å². The highest BCUT2D eigenvalue weighted by Crippen LogP contribution is 2.54. The molecule has 0 saturated heterocycles. The van der Waals surface area contributed by atoms with Gasteiger partial charge in [-0.3, -0.25) is 0 Å². The minimum atomic E-state index is -4.49. The summed E-state index contributed by atoms with van der Waals surface area (Å²) >= 11 is 0. The third kappa shape index (κ3) is 3.22. The van der Waals surface area contributed by atoms with Crippen LogP contribution in [0.1, 0.15) is 36.8 Å². The number of phenolic OH excluding ortho intramolecular Hbond substituents is 2. The summed E-state index contributed by atoms with van der Waals surface area (Å²) in [4.78, 5) is 0. The largest absolute Gasteiger partial charge is 0.508 e. The third-order valence-corrected chi connectivity index (χ3v) is 5.16. The Kier molecular flexibility index (Phi) is 4.58. The number of alkyl halides is 3. The Morgan fingerprint density at radius 3 is 1.85 bits per heavy atom. The summed E-state index contributed by atoms with van der Waals surface area (Å²) in [7, 11) is 0. The van der Waals surface area contributed by atoms with Gasteiger partial charge in [-0.15, -0.1) is 0 Å². The molecule has 2 aromatic rings. The molecule has 1 atom stereocenters. The maximum atomic E-state index is 13.8. The highest BCUT2D eigenvalue weighted by atomic mass is 19.4. The number of hydrogen-bond donors (Lipinski definition) is 2. The fourth-order valence-corrected chi connectivity index (χ4v) is 3.97. The van der Waals surface area contributed by atoms with E-state index < -0.39 is 47.1 Å². The molecule has 0 aliphatic heterocycles. The van der Waals surface area contributed by atoms with Gasteiger partial charge < -0.3 is 10.2 Å². The van der Waals surface area contributed by atoms with Crippen molar-refractivity contribution in [1.82, 2.24) is 0 Å². The van der Waals surface area contributed by atoms with Crippen LogP contribution in [0.15, 0.2) is 36.4 Å². The predicted octanol–water partition coefficient (Wildman–Crippen LogP) is 5.41. The SMILES string of the molecule is Oc1ccc(F)cc1C1(c2cc(F)ccc2O)CCCC(C(F)(F)F)C1. The third-order valence-electron chi connectivity index (χ3n) is 5.16. The zero-order valence-electron chi connectivity index (χ0n) is 13.7. The van der Waals surface area contributed by atoms with E-state index in [1.54, 1.807) is 0 Å². The summed E-state index contributed by atoms with van der Waals surface area (Å²) in [6.07, 6.45) is -4.86. The summed E-state index contributed by atoms with van der Waals surface area (Å²) in [5, 5.41) is 20.5. The molecule has 1 aliphatic rings. The second-order valence-corrected chi connectivity index (χ2v) is 6.74. The van der Waals surface area contributed by atoms with Crippen LogP contribution >= 0.6 is 0 Å². The van der Waals surface area contributed by atoms with E-state index in [1.165, 1.54) is 0 Å². The van der Waals surface area contributed by atoms with Crippen LogP contribution in [-0.2, 0) is 5.41 Å². The van der Waals surface area contributed by atoms with Crippen LogP contribution in [0.2, 0.25) is 0 Å². The zero-order valence-corrected chi connectivity index (χ0v) is 13.7. The van der Waals surface area contributed by atoms with Crippen molar-refractivity contribution in [3.05, 3.63) is 59.2 Å². The van der Waals surface area contributed by atoms with E-state index in [4.69, 9.17) is 0 Å². The second-order valence-electron chi connectivity index (χ2n) is 6.74. The van der Waals surface area contributed by atoms with E-state index in [2.05, 4.69) is 0 Å². The summed E-state index contributed by atoms with van der Waals surface area (Å²) in [6, 6.07) is 6.00. The van der Waals surface area contributed by atoms with E-state index in [1.807, 2.05) is 0 Å². The molecular weight excluding hydrogens is 355 g/mol. The molecule has 2 N–H and O–H groups in total. The first-order valence-corrected chi connectivity index (χ1v) is 8.18. The standard InChI is InChI=1S/C19H17F5O2/c20-12-3-5-16(25)14(8-12)18(15-9-13(21)4-6-17(15)26)7-1-2-11(10-18)19(22,23)24/h3-6,8-9,11,25-26H,1-2,7,10H2. The molecule has 2 aromatic carbocycles. The molecule has 0 aromatic heterocycles.